The normalized spacial score (nSPS) is 44.5. The second-order valence-corrected chi connectivity index (χ2v) is 6.43. The van der Waals surface area contributed by atoms with Crippen LogP contribution in [0.25, 0.3) is 0 Å². The Morgan fingerprint density at radius 2 is 2.00 bits per heavy atom. The Bertz CT molecular complexity index is 290. The Morgan fingerprint density at radius 3 is 2.67 bits per heavy atom. The smallest absolute Gasteiger partial charge is 0.0583 e. The van der Waals surface area contributed by atoms with Crippen LogP contribution in [-0.2, 0) is 0 Å². The summed E-state index contributed by atoms with van der Waals surface area (Å²) in [5.74, 6) is 0.770. The summed E-state index contributed by atoms with van der Waals surface area (Å²) in [6.07, 6.45) is 6.59. The largest absolute Gasteiger partial charge is 0.393 e. The van der Waals surface area contributed by atoms with Crippen LogP contribution in [-0.4, -0.2) is 11.2 Å². The van der Waals surface area contributed by atoms with E-state index < -0.39 is 0 Å². The highest BCUT2D eigenvalue weighted by Crippen LogP contribution is 2.57. The number of aliphatic hydroxyl groups is 1. The lowest BCUT2D eigenvalue weighted by atomic mass is 9.53. The van der Waals surface area contributed by atoms with Gasteiger partial charge in [0, 0.05) is 0 Å². The average Bonchev–Trinajstić information content (AvgIpc) is 2.11. The molecule has 0 amide bonds. The van der Waals surface area contributed by atoms with Gasteiger partial charge in [0.2, 0.25) is 0 Å². The summed E-state index contributed by atoms with van der Waals surface area (Å²) in [5, 5.41) is 9.80. The minimum absolute atomic E-state index is 0.108. The Labute approximate surface area is 93.6 Å². The second kappa shape index (κ2) is 3.35. The van der Waals surface area contributed by atoms with Crippen molar-refractivity contribution in [1.29, 1.82) is 0 Å². The van der Waals surface area contributed by atoms with Gasteiger partial charge in [-0.25, -0.2) is 0 Å². The minimum atomic E-state index is -0.108. The monoisotopic (exact) mass is 208 g/mol. The average molecular weight is 208 g/mol. The molecule has 0 saturated heterocycles. The summed E-state index contributed by atoms with van der Waals surface area (Å²) < 4.78 is 0. The fraction of sp³-hybridized carbons (Fsp3) is 0.857. The number of fused-ring (bicyclic) bond motifs is 1. The van der Waals surface area contributed by atoms with E-state index in [2.05, 4.69) is 33.8 Å². The lowest BCUT2D eigenvalue weighted by molar-refractivity contribution is 0.0546. The maximum Gasteiger partial charge on any atom is 0.0583 e. The van der Waals surface area contributed by atoms with E-state index in [1.165, 1.54) is 12.8 Å². The van der Waals surface area contributed by atoms with Crippen LogP contribution in [0.4, 0.5) is 0 Å². The van der Waals surface area contributed by atoms with Crippen molar-refractivity contribution in [1.82, 2.24) is 0 Å². The fourth-order valence-electron chi connectivity index (χ4n) is 3.65. The van der Waals surface area contributed by atoms with Gasteiger partial charge in [0.15, 0.2) is 0 Å². The summed E-state index contributed by atoms with van der Waals surface area (Å²) in [7, 11) is 0. The molecule has 0 radical (unpaired) electrons. The number of allylic oxidation sites excluding steroid dienone is 1. The molecule has 0 aromatic heterocycles. The van der Waals surface area contributed by atoms with Crippen LogP contribution < -0.4 is 0 Å². The third kappa shape index (κ3) is 1.65. The Balaban J connectivity index is 2.38. The number of rotatable bonds is 0. The first-order valence-electron chi connectivity index (χ1n) is 6.25. The quantitative estimate of drug-likeness (QED) is 0.604. The minimum Gasteiger partial charge on any atom is -0.393 e. The van der Waals surface area contributed by atoms with Gasteiger partial charge in [-0.1, -0.05) is 39.3 Å². The molecule has 1 N–H and O–H groups in total. The lowest BCUT2D eigenvalue weighted by Crippen LogP contribution is -2.43. The predicted molar refractivity (Wildman–Crippen MR) is 63.6 cm³/mol. The molecule has 0 aromatic rings. The van der Waals surface area contributed by atoms with Crippen LogP contribution in [0.15, 0.2) is 11.6 Å². The molecular weight excluding hydrogens is 184 g/mol. The van der Waals surface area contributed by atoms with Crippen LogP contribution in [0.2, 0.25) is 0 Å². The number of hydrogen-bond acceptors (Lipinski definition) is 1. The van der Waals surface area contributed by atoms with Crippen molar-refractivity contribution >= 4 is 0 Å². The molecule has 0 bridgehead atoms. The summed E-state index contributed by atoms with van der Waals surface area (Å²) in [6.45, 7) is 9.46. The molecule has 1 nitrogen and oxygen atoms in total. The maximum atomic E-state index is 9.80. The van der Waals surface area contributed by atoms with Gasteiger partial charge in [-0.15, -0.1) is 0 Å². The highest BCUT2D eigenvalue weighted by molar-refractivity contribution is 5.27. The van der Waals surface area contributed by atoms with Gasteiger partial charge in [-0.05, 0) is 42.4 Å². The first-order valence-corrected chi connectivity index (χ1v) is 6.25. The van der Waals surface area contributed by atoms with E-state index in [4.69, 9.17) is 0 Å². The topological polar surface area (TPSA) is 20.2 Å². The summed E-state index contributed by atoms with van der Waals surface area (Å²) in [6, 6.07) is 0. The first-order chi connectivity index (χ1) is 6.86. The molecule has 3 atom stereocenters. The van der Waals surface area contributed by atoms with Gasteiger partial charge in [0.25, 0.3) is 0 Å². The van der Waals surface area contributed by atoms with Gasteiger partial charge in [0.1, 0.15) is 0 Å². The van der Waals surface area contributed by atoms with Crippen molar-refractivity contribution in [2.24, 2.45) is 16.7 Å². The van der Waals surface area contributed by atoms with Gasteiger partial charge in [-0.3, -0.25) is 0 Å². The van der Waals surface area contributed by atoms with E-state index in [1.807, 2.05) is 0 Å². The highest BCUT2D eigenvalue weighted by atomic mass is 16.3. The fourth-order valence-corrected chi connectivity index (χ4v) is 3.65. The van der Waals surface area contributed by atoms with Crippen molar-refractivity contribution in [3.05, 3.63) is 11.6 Å². The van der Waals surface area contributed by atoms with E-state index >= 15 is 0 Å². The highest BCUT2D eigenvalue weighted by Gasteiger charge is 2.47. The van der Waals surface area contributed by atoms with E-state index in [0.717, 1.165) is 18.8 Å². The first kappa shape index (κ1) is 11.2. The van der Waals surface area contributed by atoms with Crippen molar-refractivity contribution in [3.8, 4) is 0 Å². The number of aliphatic hydroxyl groups excluding tert-OH is 1. The zero-order chi connectivity index (χ0) is 11.3. The van der Waals surface area contributed by atoms with Crippen LogP contribution in [0, 0.1) is 16.7 Å². The van der Waals surface area contributed by atoms with E-state index in [-0.39, 0.29) is 11.5 Å². The summed E-state index contributed by atoms with van der Waals surface area (Å²) >= 11 is 0. The molecule has 0 spiro atoms. The van der Waals surface area contributed by atoms with Crippen LogP contribution in [0.5, 0.6) is 0 Å². The molecule has 0 heterocycles. The molecule has 86 valence electrons. The van der Waals surface area contributed by atoms with Crippen LogP contribution in [0.1, 0.15) is 53.4 Å². The molecule has 2 aliphatic carbocycles. The van der Waals surface area contributed by atoms with Crippen molar-refractivity contribution in [3.63, 3.8) is 0 Å². The van der Waals surface area contributed by atoms with E-state index in [0.29, 0.717) is 5.41 Å². The van der Waals surface area contributed by atoms with Gasteiger partial charge in [-0.2, -0.15) is 0 Å². The molecule has 3 unspecified atom stereocenters. The molecule has 2 aliphatic rings. The predicted octanol–water partition coefficient (Wildman–Crippen LogP) is 3.53. The SMILES string of the molecule is CC1CCC2(C)CC(O)CC=C2C1(C)C. The molecular formula is C14H24O. The van der Waals surface area contributed by atoms with Gasteiger partial charge in [0.05, 0.1) is 6.10 Å². The van der Waals surface area contributed by atoms with E-state index in [9.17, 15) is 5.11 Å². The molecule has 1 saturated carbocycles. The Kier molecular flexibility index (Phi) is 2.50. The molecule has 1 fully saturated rings. The molecule has 0 aromatic carbocycles. The van der Waals surface area contributed by atoms with Crippen LogP contribution >= 0.6 is 0 Å². The van der Waals surface area contributed by atoms with Crippen LogP contribution in [0.3, 0.4) is 0 Å². The summed E-state index contributed by atoms with van der Waals surface area (Å²) in [5.41, 5.74) is 2.21. The molecule has 0 aliphatic heterocycles. The molecule has 2 rings (SSSR count). The summed E-state index contributed by atoms with van der Waals surface area (Å²) in [4.78, 5) is 0. The molecule has 1 heteroatoms. The second-order valence-electron chi connectivity index (χ2n) is 6.43. The maximum absolute atomic E-state index is 9.80. The van der Waals surface area contributed by atoms with E-state index in [1.54, 1.807) is 5.57 Å². The van der Waals surface area contributed by atoms with Gasteiger partial charge < -0.3 is 5.11 Å². The third-order valence-corrected chi connectivity index (χ3v) is 4.99. The lowest BCUT2D eigenvalue weighted by Gasteiger charge is -2.52. The standard InChI is InChI=1S/C14H24O/c1-10-7-8-14(4)9-11(15)5-6-12(14)13(10,2)3/h6,10-11,15H,5,7-9H2,1-4H3. The number of hydrogen-bond donors (Lipinski definition) is 1. The zero-order valence-electron chi connectivity index (χ0n) is 10.5. The van der Waals surface area contributed by atoms with Crippen molar-refractivity contribution in [2.45, 2.75) is 59.5 Å². The molecule has 15 heavy (non-hydrogen) atoms. The zero-order valence-corrected chi connectivity index (χ0v) is 10.5. The third-order valence-electron chi connectivity index (χ3n) is 4.99. The Hall–Kier alpha value is -0.300. The van der Waals surface area contributed by atoms with Crippen molar-refractivity contribution in [2.75, 3.05) is 0 Å². The van der Waals surface area contributed by atoms with Gasteiger partial charge >= 0.3 is 0 Å². The van der Waals surface area contributed by atoms with Crippen molar-refractivity contribution < 1.29 is 5.11 Å². The Morgan fingerprint density at radius 1 is 1.33 bits per heavy atom.